The number of ether oxygens (including phenoxy) is 1. The summed E-state index contributed by atoms with van der Waals surface area (Å²) in [5.41, 5.74) is 1.39. The van der Waals surface area contributed by atoms with Gasteiger partial charge in [0.1, 0.15) is 5.75 Å². The highest BCUT2D eigenvalue weighted by Crippen LogP contribution is 2.29. The Balaban J connectivity index is 0.00000342. The third-order valence-electron chi connectivity index (χ3n) is 5.80. The maximum Gasteiger partial charge on any atom is 0.264 e. The van der Waals surface area contributed by atoms with E-state index in [0.717, 1.165) is 31.4 Å². The molecule has 0 aromatic heterocycles. The molecule has 0 saturated heterocycles. The van der Waals surface area contributed by atoms with Gasteiger partial charge in [-0.05, 0) is 61.7 Å². The molecule has 35 heavy (non-hydrogen) atoms. The zero-order valence-corrected chi connectivity index (χ0v) is 21.7. The zero-order valence-electron chi connectivity index (χ0n) is 19.3. The summed E-state index contributed by atoms with van der Waals surface area (Å²) < 4.78 is 34.8. The first-order valence-electron chi connectivity index (χ1n) is 11.5. The van der Waals surface area contributed by atoms with Crippen molar-refractivity contribution in [1.29, 1.82) is 0 Å². The number of para-hydroxylation sites is 2. The normalized spacial score (nSPS) is 15.3. The van der Waals surface area contributed by atoms with Gasteiger partial charge in [0.15, 0.2) is 0 Å². The van der Waals surface area contributed by atoms with E-state index in [1.54, 1.807) is 24.3 Å². The van der Waals surface area contributed by atoms with Gasteiger partial charge in [0.05, 0.1) is 23.7 Å². The summed E-state index contributed by atoms with van der Waals surface area (Å²) in [6.07, 6.45) is 7.38. The SMILES string of the molecule is Cl.O=S(=O)(c1ccc(Cl)cc1)N(Cc1ccccc1OCCCC1CC=CCN1)c1ccccc1. The lowest BCUT2D eigenvalue weighted by Gasteiger charge is -2.26. The molecule has 1 unspecified atom stereocenters. The van der Waals surface area contributed by atoms with Gasteiger partial charge in [-0.1, -0.05) is 60.2 Å². The van der Waals surface area contributed by atoms with Crippen LogP contribution in [0.3, 0.4) is 0 Å². The lowest BCUT2D eigenvalue weighted by Crippen LogP contribution is -2.31. The van der Waals surface area contributed by atoms with E-state index in [4.69, 9.17) is 16.3 Å². The van der Waals surface area contributed by atoms with Crippen molar-refractivity contribution in [2.24, 2.45) is 0 Å². The summed E-state index contributed by atoms with van der Waals surface area (Å²) in [7, 11) is -3.82. The molecule has 0 radical (unpaired) electrons. The second-order valence-corrected chi connectivity index (χ2v) is 10.5. The van der Waals surface area contributed by atoms with Crippen LogP contribution in [0.15, 0.2) is 95.9 Å². The maximum atomic E-state index is 13.6. The fourth-order valence-corrected chi connectivity index (χ4v) is 5.54. The number of nitrogens with one attached hydrogen (secondary N) is 1. The molecule has 3 aromatic carbocycles. The molecule has 1 atom stereocenters. The fourth-order valence-electron chi connectivity index (χ4n) is 3.97. The van der Waals surface area contributed by atoms with Gasteiger partial charge in [0.2, 0.25) is 0 Å². The van der Waals surface area contributed by atoms with Gasteiger partial charge in [-0.25, -0.2) is 8.42 Å². The summed E-state index contributed by atoms with van der Waals surface area (Å²) in [6, 6.07) is 23.5. The van der Waals surface area contributed by atoms with E-state index < -0.39 is 10.0 Å². The molecule has 5 nitrogen and oxygen atoms in total. The summed E-state index contributed by atoms with van der Waals surface area (Å²) in [5, 5.41) is 3.97. The van der Waals surface area contributed by atoms with E-state index in [1.807, 2.05) is 42.5 Å². The van der Waals surface area contributed by atoms with Gasteiger partial charge >= 0.3 is 0 Å². The first-order valence-corrected chi connectivity index (χ1v) is 13.3. The molecule has 1 heterocycles. The summed E-state index contributed by atoms with van der Waals surface area (Å²) in [5.74, 6) is 0.700. The Bertz CT molecular complexity index is 1200. The Morgan fingerprint density at radius 1 is 0.943 bits per heavy atom. The summed E-state index contributed by atoms with van der Waals surface area (Å²) in [6.45, 7) is 1.65. The van der Waals surface area contributed by atoms with E-state index in [2.05, 4.69) is 17.5 Å². The third-order valence-corrected chi connectivity index (χ3v) is 7.84. The molecule has 0 spiro atoms. The van der Waals surface area contributed by atoms with Crippen LogP contribution in [-0.4, -0.2) is 27.6 Å². The zero-order chi connectivity index (χ0) is 23.8. The van der Waals surface area contributed by atoms with E-state index >= 15 is 0 Å². The molecule has 0 saturated carbocycles. The highest BCUT2D eigenvalue weighted by molar-refractivity contribution is 7.92. The Morgan fingerprint density at radius 2 is 1.66 bits per heavy atom. The molecular formula is C27H30Cl2N2O3S. The van der Waals surface area contributed by atoms with Gasteiger partial charge in [0.25, 0.3) is 10.0 Å². The fraction of sp³-hybridized carbons (Fsp3) is 0.259. The van der Waals surface area contributed by atoms with Crippen molar-refractivity contribution >= 4 is 39.7 Å². The topological polar surface area (TPSA) is 58.6 Å². The Kier molecular flexibility index (Phi) is 10.0. The highest BCUT2D eigenvalue weighted by Gasteiger charge is 2.26. The van der Waals surface area contributed by atoms with Crippen LogP contribution in [0, 0.1) is 0 Å². The van der Waals surface area contributed by atoms with Crippen LogP contribution in [0.2, 0.25) is 5.02 Å². The molecule has 186 valence electrons. The van der Waals surface area contributed by atoms with Crippen molar-refractivity contribution in [3.63, 3.8) is 0 Å². The molecule has 3 aromatic rings. The van der Waals surface area contributed by atoms with E-state index in [0.29, 0.717) is 29.1 Å². The first-order chi connectivity index (χ1) is 16.5. The molecule has 1 N–H and O–H groups in total. The molecule has 0 amide bonds. The Hall–Kier alpha value is -2.51. The van der Waals surface area contributed by atoms with Crippen LogP contribution in [0.25, 0.3) is 0 Å². The van der Waals surface area contributed by atoms with Crippen molar-refractivity contribution in [2.75, 3.05) is 17.5 Å². The number of sulfonamides is 1. The van der Waals surface area contributed by atoms with Gasteiger partial charge in [-0.15, -0.1) is 12.4 Å². The molecule has 0 aliphatic carbocycles. The van der Waals surface area contributed by atoms with Crippen LogP contribution in [0.4, 0.5) is 5.69 Å². The monoisotopic (exact) mass is 532 g/mol. The molecule has 1 aliphatic heterocycles. The summed E-state index contributed by atoms with van der Waals surface area (Å²) >= 11 is 5.99. The van der Waals surface area contributed by atoms with Crippen LogP contribution < -0.4 is 14.4 Å². The van der Waals surface area contributed by atoms with Crippen molar-refractivity contribution in [1.82, 2.24) is 5.32 Å². The lowest BCUT2D eigenvalue weighted by atomic mass is 10.1. The van der Waals surface area contributed by atoms with E-state index in [9.17, 15) is 8.42 Å². The predicted octanol–water partition coefficient (Wildman–Crippen LogP) is 6.23. The average Bonchev–Trinajstić information content (AvgIpc) is 2.87. The quantitative estimate of drug-likeness (QED) is 0.248. The Morgan fingerprint density at radius 3 is 2.37 bits per heavy atom. The van der Waals surface area contributed by atoms with Crippen LogP contribution >= 0.6 is 24.0 Å². The van der Waals surface area contributed by atoms with Crippen molar-refractivity contribution in [3.8, 4) is 5.75 Å². The number of nitrogens with zero attached hydrogens (tertiary/aromatic N) is 1. The molecular weight excluding hydrogens is 503 g/mol. The third kappa shape index (κ3) is 7.24. The smallest absolute Gasteiger partial charge is 0.264 e. The standard InChI is InChI=1S/C27H29ClN2O3S.ClH/c28-23-15-17-26(18-16-23)34(31,32)30(25-12-2-1-3-13-25)21-22-9-4-5-14-27(22)33-20-8-11-24-10-6-7-19-29-24;/h1-7,9,12-18,24,29H,8,10-11,19-21H2;1H. The first kappa shape index (κ1) is 27.1. The molecule has 4 rings (SSSR count). The minimum Gasteiger partial charge on any atom is -0.493 e. The minimum atomic E-state index is -3.82. The second kappa shape index (κ2) is 13.0. The van der Waals surface area contributed by atoms with Gasteiger partial charge in [0, 0.05) is 23.2 Å². The van der Waals surface area contributed by atoms with Crippen LogP contribution in [0.1, 0.15) is 24.8 Å². The molecule has 0 bridgehead atoms. The number of rotatable bonds is 10. The van der Waals surface area contributed by atoms with Gasteiger partial charge < -0.3 is 10.1 Å². The van der Waals surface area contributed by atoms with E-state index in [-0.39, 0.29) is 23.8 Å². The van der Waals surface area contributed by atoms with E-state index in [1.165, 1.54) is 16.4 Å². The molecule has 1 aliphatic rings. The highest BCUT2D eigenvalue weighted by atomic mass is 35.5. The Labute approximate surface area is 219 Å². The van der Waals surface area contributed by atoms with Crippen LogP contribution in [-0.2, 0) is 16.6 Å². The largest absolute Gasteiger partial charge is 0.493 e. The maximum absolute atomic E-state index is 13.6. The van der Waals surface area contributed by atoms with Crippen molar-refractivity contribution in [2.45, 2.75) is 36.7 Å². The number of anilines is 1. The lowest BCUT2D eigenvalue weighted by molar-refractivity contribution is 0.293. The van der Waals surface area contributed by atoms with Gasteiger partial charge in [-0.3, -0.25) is 4.31 Å². The number of benzene rings is 3. The van der Waals surface area contributed by atoms with Gasteiger partial charge in [-0.2, -0.15) is 0 Å². The predicted molar refractivity (Wildman–Crippen MR) is 145 cm³/mol. The van der Waals surface area contributed by atoms with Crippen molar-refractivity contribution in [3.05, 3.63) is 102 Å². The number of halogens is 2. The molecule has 8 heteroatoms. The van der Waals surface area contributed by atoms with Crippen molar-refractivity contribution < 1.29 is 13.2 Å². The van der Waals surface area contributed by atoms with Crippen LogP contribution in [0.5, 0.6) is 5.75 Å². The number of hydrogen-bond donors (Lipinski definition) is 1. The average molecular weight is 534 g/mol. The summed E-state index contributed by atoms with van der Waals surface area (Å²) in [4.78, 5) is 0.188. The number of hydrogen-bond acceptors (Lipinski definition) is 4. The minimum absolute atomic E-state index is 0. The molecule has 0 fully saturated rings. The second-order valence-electron chi connectivity index (χ2n) is 8.21.